The van der Waals surface area contributed by atoms with Gasteiger partial charge in [-0.1, -0.05) is 6.07 Å². The minimum atomic E-state index is -0.988. The number of nitrogens with two attached hydrogens (primary N) is 1. The SMILES string of the molecule is CN(C)c1c([C@@H](O)CN)ccc(F)c1F. The fraction of sp³-hybridized carbons (Fsp3) is 0.400. The molecule has 0 aliphatic carbocycles. The van der Waals surface area contributed by atoms with E-state index in [1.165, 1.54) is 11.0 Å². The molecule has 0 saturated heterocycles. The molecule has 84 valence electrons. The van der Waals surface area contributed by atoms with Gasteiger partial charge in [-0.3, -0.25) is 0 Å². The summed E-state index contributed by atoms with van der Waals surface area (Å²) in [5.74, 6) is -1.91. The van der Waals surface area contributed by atoms with Crippen LogP contribution < -0.4 is 10.6 Å². The molecule has 5 heteroatoms. The van der Waals surface area contributed by atoms with E-state index in [1.54, 1.807) is 14.1 Å². The van der Waals surface area contributed by atoms with Gasteiger partial charge in [-0.05, 0) is 6.07 Å². The molecule has 1 aromatic carbocycles. The zero-order valence-corrected chi connectivity index (χ0v) is 8.67. The molecule has 3 nitrogen and oxygen atoms in total. The summed E-state index contributed by atoms with van der Waals surface area (Å²) in [6.07, 6.45) is -0.988. The molecule has 0 saturated carbocycles. The lowest BCUT2D eigenvalue weighted by Crippen LogP contribution is -2.19. The maximum absolute atomic E-state index is 13.4. The van der Waals surface area contributed by atoms with Crippen LogP contribution in [-0.2, 0) is 0 Å². The van der Waals surface area contributed by atoms with Crippen LogP contribution in [0.25, 0.3) is 0 Å². The van der Waals surface area contributed by atoms with Crippen molar-refractivity contribution in [2.45, 2.75) is 6.10 Å². The van der Waals surface area contributed by atoms with E-state index < -0.39 is 17.7 Å². The number of hydrogen-bond acceptors (Lipinski definition) is 3. The van der Waals surface area contributed by atoms with Gasteiger partial charge in [0, 0.05) is 26.2 Å². The van der Waals surface area contributed by atoms with Crippen LogP contribution in [0.15, 0.2) is 12.1 Å². The Morgan fingerprint density at radius 2 is 2.00 bits per heavy atom. The third-order valence-corrected chi connectivity index (χ3v) is 2.13. The average Bonchev–Trinajstić information content (AvgIpc) is 2.20. The van der Waals surface area contributed by atoms with E-state index in [-0.39, 0.29) is 12.2 Å². The van der Waals surface area contributed by atoms with Crippen molar-refractivity contribution in [2.24, 2.45) is 5.73 Å². The summed E-state index contributed by atoms with van der Waals surface area (Å²) in [7, 11) is 3.15. The second-order valence-corrected chi connectivity index (χ2v) is 3.45. The highest BCUT2D eigenvalue weighted by Crippen LogP contribution is 2.29. The summed E-state index contributed by atoms with van der Waals surface area (Å²) >= 11 is 0. The first-order chi connectivity index (χ1) is 6.99. The molecule has 0 aliphatic rings. The summed E-state index contributed by atoms with van der Waals surface area (Å²) in [5, 5.41) is 9.53. The Balaban J connectivity index is 3.33. The molecule has 0 fully saturated rings. The predicted molar refractivity (Wildman–Crippen MR) is 54.7 cm³/mol. The Morgan fingerprint density at radius 1 is 1.40 bits per heavy atom. The van der Waals surface area contributed by atoms with Crippen molar-refractivity contribution >= 4 is 5.69 Å². The Kier molecular flexibility index (Phi) is 3.60. The minimum Gasteiger partial charge on any atom is -0.387 e. The Hall–Kier alpha value is -1.20. The molecule has 0 aliphatic heterocycles. The summed E-state index contributed by atoms with van der Waals surface area (Å²) < 4.78 is 26.4. The summed E-state index contributed by atoms with van der Waals surface area (Å²) in [4.78, 5) is 1.41. The van der Waals surface area contributed by atoms with Gasteiger partial charge in [0.2, 0.25) is 0 Å². The summed E-state index contributed by atoms with van der Waals surface area (Å²) in [6.45, 7) is -0.0358. The topological polar surface area (TPSA) is 49.5 Å². The molecule has 0 amide bonds. The molecule has 0 heterocycles. The Labute approximate surface area is 87.1 Å². The normalized spacial score (nSPS) is 12.7. The molecular weight excluding hydrogens is 202 g/mol. The van der Waals surface area contributed by atoms with Crippen LogP contribution in [0.2, 0.25) is 0 Å². The smallest absolute Gasteiger partial charge is 0.182 e. The minimum absolute atomic E-state index is 0.0351. The van der Waals surface area contributed by atoms with E-state index in [2.05, 4.69) is 0 Å². The zero-order valence-electron chi connectivity index (χ0n) is 8.67. The highest BCUT2D eigenvalue weighted by molar-refractivity contribution is 5.55. The van der Waals surface area contributed by atoms with E-state index in [1.807, 2.05) is 0 Å². The molecule has 0 spiro atoms. The second kappa shape index (κ2) is 4.55. The number of halogens is 2. The van der Waals surface area contributed by atoms with Gasteiger partial charge in [0.15, 0.2) is 11.6 Å². The zero-order chi connectivity index (χ0) is 11.6. The monoisotopic (exact) mass is 216 g/mol. The van der Waals surface area contributed by atoms with Crippen LogP contribution in [0.5, 0.6) is 0 Å². The van der Waals surface area contributed by atoms with Crippen LogP contribution in [0.3, 0.4) is 0 Å². The second-order valence-electron chi connectivity index (χ2n) is 3.45. The Bertz CT molecular complexity index is 356. The summed E-state index contributed by atoms with van der Waals surface area (Å²) in [6, 6.07) is 2.32. The molecule has 0 radical (unpaired) electrons. The quantitative estimate of drug-likeness (QED) is 0.793. The highest BCUT2D eigenvalue weighted by Gasteiger charge is 2.19. The van der Waals surface area contributed by atoms with E-state index in [0.29, 0.717) is 5.56 Å². The first-order valence-corrected chi connectivity index (χ1v) is 4.52. The van der Waals surface area contributed by atoms with Crippen LogP contribution >= 0.6 is 0 Å². The largest absolute Gasteiger partial charge is 0.387 e. The maximum Gasteiger partial charge on any atom is 0.182 e. The first kappa shape index (κ1) is 11.9. The maximum atomic E-state index is 13.4. The van der Waals surface area contributed by atoms with Gasteiger partial charge in [0.1, 0.15) is 0 Å². The van der Waals surface area contributed by atoms with E-state index in [9.17, 15) is 13.9 Å². The molecular formula is C10H14F2N2O. The fourth-order valence-electron chi connectivity index (χ4n) is 1.41. The predicted octanol–water partition coefficient (Wildman–Crippen LogP) is 1.02. The van der Waals surface area contributed by atoms with Crippen molar-refractivity contribution in [2.75, 3.05) is 25.5 Å². The molecule has 0 aromatic heterocycles. The third kappa shape index (κ3) is 2.24. The van der Waals surface area contributed by atoms with Crippen molar-refractivity contribution in [1.29, 1.82) is 0 Å². The average molecular weight is 216 g/mol. The molecule has 0 unspecified atom stereocenters. The molecule has 3 N–H and O–H groups in total. The van der Waals surface area contributed by atoms with Gasteiger partial charge in [-0.25, -0.2) is 8.78 Å². The van der Waals surface area contributed by atoms with E-state index in [0.717, 1.165) is 6.07 Å². The molecule has 0 bridgehead atoms. The van der Waals surface area contributed by atoms with Gasteiger partial charge in [0.25, 0.3) is 0 Å². The molecule has 15 heavy (non-hydrogen) atoms. The molecule has 1 rings (SSSR count). The van der Waals surface area contributed by atoms with Crippen LogP contribution in [-0.4, -0.2) is 25.7 Å². The highest BCUT2D eigenvalue weighted by atomic mass is 19.2. The summed E-state index contributed by atoms with van der Waals surface area (Å²) in [5.41, 5.74) is 5.60. The van der Waals surface area contributed by atoms with Crippen LogP contribution in [0.4, 0.5) is 14.5 Å². The van der Waals surface area contributed by atoms with Crippen molar-refractivity contribution in [3.8, 4) is 0 Å². The first-order valence-electron chi connectivity index (χ1n) is 4.52. The third-order valence-electron chi connectivity index (χ3n) is 2.13. The number of benzene rings is 1. The van der Waals surface area contributed by atoms with Crippen molar-refractivity contribution < 1.29 is 13.9 Å². The van der Waals surface area contributed by atoms with E-state index in [4.69, 9.17) is 5.73 Å². The van der Waals surface area contributed by atoms with Crippen LogP contribution in [0.1, 0.15) is 11.7 Å². The lowest BCUT2D eigenvalue weighted by Gasteiger charge is -2.21. The van der Waals surface area contributed by atoms with Gasteiger partial charge in [-0.15, -0.1) is 0 Å². The van der Waals surface area contributed by atoms with Gasteiger partial charge in [0.05, 0.1) is 11.8 Å². The number of aliphatic hydroxyl groups is 1. The van der Waals surface area contributed by atoms with Crippen LogP contribution in [0, 0.1) is 11.6 Å². The number of nitrogens with zero attached hydrogens (tertiary/aromatic N) is 1. The molecule has 1 aromatic rings. The fourth-order valence-corrected chi connectivity index (χ4v) is 1.41. The lowest BCUT2D eigenvalue weighted by atomic mass is 10.1. The number of anilines is 1. The lowest BCUT2D eigenvalue weighted by molar-refractivity contribution is 0.186. The van der Waals surface area contributed by atoms with Crippen molar-refractivity contribution in [3.05, 3.63) is 29.3 Å². The Morgan fingerprint density at radius 3 is 2.47 bits per heavy atom. The van der Waals surface area contributed by atoms with E-state index >= 15 is 0 Å². The van der Waals surface area contributed by atoms with Crippen molar-refractivity contribution in [3.63, 3.8) is 0 Å². The molecule has 1 atom stereocenters. The van der Waals surface area contributed by atoms with Gasteiger partial charge >= 0.3 is 0 Å². The number of rotatable bonds is 3. The number of aliphatic hydroxyl groups excluding tert-OH is 1. The number of hydrogen-bond donors (Lipinski definition) is 2. The standard InChI is InChI=1S/C10H14F2N2O/c1-14(2)10-6(8(15)5-13)3-4-7(11)9(10)12/h3-4,8,15H,5,13H2,1-2H3/t8-/m0/s1. The van der Waals surface area contributed by atoms with Crippen molar-refractivity contribution in [1.82, 2.24) is 0 Å². The van der Waals surface area contributed by atoms with Gasteiger partial charge < -0.3 is 15.7 Å². The van der Waals surface area contributed by atoms with Gasteiger partial charge in [-0.2, -0.15) is 0 Å².